The highest BCUT2D eigenvalue weighted by Gasteiger charge is 1.97. The van der Waals surface area contributed by atoms with E-state index in [2.05, 4.69) is 0 Å². The Morgan fingerprint density at radius 2 is 1.76 bits per heavy atom. The van der Waals surface area contributed by atoms with E-state index >= 15 is 0 Å². The van der Waals surface area contributed by atoms with Crippen LogP contribution in [0, 0.1) is 6.92 Å². The van der Waals surface area contributed by atoms with E-state index < -0.39 is 10.8 Å². The number of benzene rings is 1. The van der Waals surface area contributed by atoms with E-state index in [1.165, 1.54) is 5.56 Å². The molecule has 2 nitrogen and oxygen atoms in total. The van der Waals surface area contributed by atoms with E-state index in [0.717, 1.165) is 30.4 Å². The molecular weight excluding hydrogens is 232 g/mol. The van der Waals surface area contributed by atoms with Gasteiger partial charge in [-0.15, -0.1) is 0 Å². The summed E-state index contributed by atoms with van der Waals surface area (Å²) in [4.78, 5) is 10.9. The van der Waals surface area contributed by atoms with Gasteiger partial charge in [-0.25, -0.2) is 4.21 Å². The molecule has 0 spiro atoms. The average molecular weight is 250 g/mol. The van der Waals surface area contributed by atoms with Crippen LogP contribution >= 0.6 is 0 Å². The quantitative estimate of drug-likeness (QED) is 0.549. The van der Waals surface area contributed by atoms with Crippen LogP contribution < -0.4 is 0 Å². The predicted octanol–water partition coefficient (Wildman–Crippen LogP) is 3.38. The molecule has 1 atom stereocenters. The molecule has 0 aromatic heterocycles. The van der Waals surface area contributed by atoms with Crippen LogP contribution in [0.25, 0.3) is 0 Å². The third kappa shape index (κ3) is 5.59. The number of carbonyl (C=O) groups is 1. The minimum atomic E-state index is -1.05. The van der Waals surface area contributed by atoms with Gasteiger partial charge in [-0.05, 0) is 38.3 Å². The fourth-order valence-corrected chi connectivity index (χ4v) is 2.27. The first-order valence-corrected chi connectivity index (χ1v) is 7.03. The van der Waals surface area contributed by atoms with Crippen LogP contribution in [0.1, 0.15) is 31.2 Å². The summed E-state index contributed by atoms with van der Waals surface area (Å²) in [5.41, 5.74) is 1.17. The summed E-state index contributed by atoms with van der Waals surface area (Å²) in [5.74, 6) is 0. The molecule has 0 aliphatic rings. The molecule has 1 unspecified atom stereocenters. The van der Waals surface area contributed by atoms with E-state index in [4.69, 9.17) is 0 Å². The van der Waals surface area contributed by atoms with Gasteiger partial charge >= 0.3 is 0 Å². The van der Waals surface area contributed by atoms with Gasteiger partial charge < -0.3 is 4.79 Å². The first-order chi connectivity index (χ1) is 8.24. The van der Waals surface area contributed by atoms with Gasteiger partial charge in [-0.2, -0.15) is 0 Å². The maximum Gasteiger partial charge on any atom is 0.119 e. The molecule has 0 saturated carbocycles. The van der Waals surface area contributed by atoms with Crippen molar-refractivity contribution in [2.24, 2.45) is 0 Å². The highest BCUT2D eigenvalue weighted by Crippen LogP contribution is 2.10. The number of aryl methyl sites for hydroxylation is 1. The van der Waals surface area contributed by atoms with Gasteiger partial charge in [0, 0.05) is 16.7 Å². The van der Waals surface area contributed by atoms with Crippen LogP contribution in [0.3, 0.4) is 0 Å². The summed E-state index contributed by atoms with van der Waals surface area (Å²) in [6.45, 7) is 2.01. The van der Waals surface area contributed by atoms with E-state index in [1.54, 1.807) is 5.41 Å². The monoisotopic (exact) mass is 250 g/mol. The highest BCUT2D eigenvalue weighted by molar-refractivity contribution is 7.88. The zero-order valence-corrected chi connectivity index (χ0v) is 10.9. The zero-order chi connectivity index (χ0) is 12.5. The topological polar surface area (TPSA) is 34.1 Å². The lowest BCUT2D eigenvalue weighted by Crippen LogP contribution is -1.86. The number of unbranched alkanes of at least 4 members (excludes halogenated alkanes) is 3. The Kier molecular flexibility index (Phi) is 6.48. The molecule has 0 bridgehead atoms. The largest absolute Gasteiger partial charge is 0.303 e. The maximum atomic E-state index is 11.8. The molecule has 0 heterocycles. The van der Waals surface area contributed by atoms with E-state index in [1.807, 2.05) is 37.3 Å². The van der Waals surface area contributed by atoms with Gasteiger partial charge in [0.2, 0.25) is 0 Å². The third-order valence-corrected chi connectivity index (χ3v) is 3.59. The van der Waals surface area contributed by atoms with Gasteiger partial charge in [0.15, 0.2) is 0 Å². The molecular formula is C14H18O2S. The van der Waals surface area contributed by atoms with Crippen molar-refractivity contribution >= 4 is 17.1 Å². The molecule has 92 valence electrons. The molecule has 0 aliphatic heterocycles. The lowest BCUT2D eigenvalue weighted by atomic mass is 10.2. The lowest BCUT2D eigenvalue weighted by molar-refractivity contribution is -0.107. The molecule has 0 fully saturated rings. The van der Waals surface area contributed by atoms with Crippen molar-refractivity contribution in [3.63, 3.8) is 0 Å². The Bertz CT molecular complexity index is 393. The van der Waals surface area contributed by atoms with E-state index in [0.29, 0.717) is 6.42 Å². The van der Waals surface area contributed by atoms with Crippen LogP contribution in [0.5, 0.6) is 0 Å². The van der Waals surface area contributed by atoms with Crippen molar-refractivity contribution < 1.29 is 9.00 Å². The van der Waals surface area contributed by atoms with Gasteiger partial charge in [-0.1, -0.05) is 23.8 Å². The number of hydrogen-bond donors (Lipinski definition) is 0. The standard InChI is InChI=1S/C14H18O2S/c1-13-7-9-14(10-8-13)17(16)12-6-4-2-3-5-11-15/h6-12H,2-5H2,1H3/b12-6+. The van der Waals surface area contributed by atoms with Gasteiger partial charge in [0.05, 0.1) is 10.8 Å². The second-order valence-corrected chi connectivity index (χ2v) is 5.27. The minimum absolute atomic E-state index is 0.620. The van der Waals surface area contributed by atoms with Crippen molar-refractivity contribution in [1.82, 2.24) is 0 Å². The SMILES string of the molecule is Cc1ccc(S(=O)/C=C/CCCCC=O)cc1. The molecule has 1 rings (SSSR count). The predicted molar refractivity (Wildman–Crippen MR) is 71.3 cm³/mol. The van der Waals surface area contributed by atoms with Crippen LogP contribution in [0.4, 0.5) is 0 Å². The first kappa shape index (κ1) is 13.8. The Balaban J connectivity index is 2.36. The lowest BCUT2D eigenvalue weighted by Gasteiger charge is -1.97. The Morgan fingerprint density at radius 3 is 2.41 bits per heavy atom. The summed E-state index contributed by atoms with van der Waals surface area (Å²) >= 11 is 0. The van der Waals surface area contributed by atoms with Crippen molar-refractivity contribution in [1.29, 1.82) is 0 Å². The van der Waals surface area contributed by atoms with E-state index in [9.17, 15) is 9.00 Å². The Morgan fingerprint density at radius 1 is 1.12 bits per heavy atom. The zero-order valence-electron chi connectivity index (χ0n) is 10.1. The molecule has 0 amide bonds. The van der Waals surface area contributed by atoms with Crippen LogP contribution in [0.15, 0.2) is 40.6 Å². The molecule has 0 N–H and O–H groups in total. The maximum absolute atomic E-state index is 11.8. The molecule has 0 radical (unpaired) electrons. The third-order valence-electron chi connectivity index (χ3n) is 2.42. The summed E-state index contributed by atoms with van der Waals surface area (Å²) in [6, 6.07) is 7.71. The normalized spacial score (nSPS) is 12.8. The second-order valence-electron chi connectivity index (χ2n) is 3.93. The highest BCUT2D eigenvalue weighted by atomic mass is 32.2. The summed E-state index contributed by atoms with van der Waals surface area (Å²) in [7, 11) is -1.05. The smallest absolute Gasteiger partial charge is 0.119 e. The summed E-state index contributed by atoms with van der Waals surface area (Å²) in [5, 5.41) is 1.73. The van der Waals surface area contributed by atoms with Crippen molar-refractivity contribution in [3.05, 3.63) is 41.3 Å². The Labute approximate surface area is 105 Å². The molecule has 1 aromatic carbocycles. The number of rotatable bonds is 7. The van der Waals surface area contributed by atoms with Crippen molar-refractivity contribution in [2.75, 3.05) is 0 Å². The summed E-state index contributed by atoms with van der Waals surface area (Å²) in [6.07, 6.45) is 6.25. The summed E-state index contributed by atoms with van der Waals surface area (Å²) < 4.78 is 11.8. The van der Waals surface area contributed by atoms with Gasteiger partial charge in [0.25, 0.3) is 0 Å². The number of hydrogen-bond acceptors (Lipinski definition) is 2. The Hall–Kier alpha value is -1.22. The van der Waals surface area contributed by atoms with Crippen LogP contribution in [-0.4, -0.2) is 10.5 Å². The fraction of sp³-hybridized carbons (Fsp3) is 0.357. The molecule has 0 saturated heterocycles. The fourth-order valence-electron chi connectivity index (χ4n) is 1.40. The van der Waals surface area contributed by atoms with Gasteiger partial charge in [0.1, 0.15) is 6.29 Å². The number of carbonyl (C=O) groups excluding carboxylic acids is 1. The van der Waals surface area contributed by atoms with Crippen molar-refractivity contribution in [2.45, 2.75) is 37.5 Å². The molecule has 1 aromatic rings. The number of aldehydes is 1. The minimum Gasteiger partial charge on any atom is -0.303 e. The van der Waals surface area contributed by atoms with Crippen molar-refractivity contribution in [3.8, 4) is 0 Å². The van der Waals surface area contributed by atoms with Crippen LogP contribution in [0.2, 0.25) is 0 Å². The first-order valence-electron chi connectivity index (χ1n) is 5.81. The average Bonchev–Trinajstić information content (AvgIpc) is 2.34. The molecule has 17 heavy (non-hydrogen) atoms. The number of allylic oxidation sites excluding steroid dienone is 1. The molecule has 3 heteroatoms. The molecule has 0 aliphatic carbocycles. The van der Waals surface area contributed by atoms with Gasteiger partial charge in [-0.3, -0.25) is 0 Å². The second kappa shape index (κ2) is 7.96. The van der Waals surface area contributed by atoms with Crippen LogP contribution in [-0.2, 0) is 15.6 Å². The van der Waals surface area contributed by atoms with E-state index in [-0.39, 0.29) is 0 Å².